The molecule has 0 saturated heterocycles. The monoisotopic (exact) mass is 329 g/mol. The van der Waals surface area contributed by atoms with E-state index < -0.39 is 30.0 Å². The molecule has 0 aliphatic carbocycles. The third-order valence-electron chi connectivity index (χ3n) is 3.18. The van der Waals surface area contributed by atoms with Gasteiger partial charge in [0, 0.05) is 0 Å². The largest absolute Gasteiger partial charge is 0.471 e. The summed E-state index contributed by atoms with van der Waals surface area (Å²) in [6.07, 6.45) is -1.87. The van der Waals surface area contributed by atoms with Crippen LogP contribution >= 0.6 is 0 Å². The average molecular weight is 329 g/mol. The number of esters is 1. The summed E-state index contributed by atoms with van der Waals surface area (Å²) in [4.78, 5) is 22.3. The summed E-state index contributed by atoms with van der Waals surface area (Å²) in [5, 5.41) is 1.99. The van der Waals surface area contributed by atoms with Crippen LogP contribution in [0.25, 0.3) is 0 Å². The molecule has 0 fully saturated rings. The van der Waals surface area contributed by atoms with Crippen LogP contribution in [0.1, 0.15) is 24.9 Å². The summed E-state index contributed by atoms with van der Waals surface area (Å²) in [7, 11) is 1.25. The molecule has 0 radical (unpaired) electrons. The van der Waals surface area contributed by atoms with E-state index in [1.165, 1.54) is 13.2 Å². The molecule has 0 unspecified atom stereocenters. The summed E-state index contributed by atoms with van der Waals surface area (Å²) in [5.41, 5.74) is 0.542. The zero-order valence-corrected chi connectivity index (χ0v) is 12.8. The Kier molecular flexibility index (Phi) is 6.81. The summed E-state index contributed by atoms with van der Waals surface area (Å²) in [6, 6.07) is 7.47. The van der Waals surface area contributed by atoms with Gasteiger partial charge in [-0.05, 0) is 11.5 Å². The van der Waals surface area contributed by atoms with Gasteiger partial charge in [-0.15, -0.1) is 0 Å². The van der Waals surface area contributed by atoms with Crippen LogP contribution < -0.4 is 5.32 Å². The van der Waals surface area contributed by atoms with E-state index in [0.29, 0.717) is 5.56 Å². The van der Waals surface area contributed by atoms with E-state index in [4.69, 9.17) is 0 Å². The minimum absolute atomic E-state index is 0.00949. The van der Waals surface area contributed by atoms with E-state index in [1.807, 2.05) is 5.32 Å². The van der Waals surface area contributed by atoms with Crippen molar-refractivity contribution in [3.8, 4) is 0 Å². The Hall–Kier alpha value is -2.31. The van der Waals surface area contributed by atoms with Gasteiger partial charge in [0.25, 0.3) is 0 Å². The van der Waals surface area contributed by atoms with E-state index in [1.54, 1.807) is 43.3 Å². The fourth-order valence-corrected chi connectivity index (χ4v) is 1.98. The van der Waals surface area contributed by atoms with Crippen molar-refractivity contribution in [3.05, 3.63) is 48.0 Å². The molecule has 0 saturated carbocycles. The van der Waals surface area contributed by atoms with Crippen molar-refractivity contribution in [2.24, 2.45) is 5.92 Å². The van der Waals surface area contributed by atoms with Crippen LogP contribution in [0.5, 0.6) is 0 Å². The predicted molar refractivity (Wildman–Crippen MR) is 78.3 cm³/mol. The number of carbonyl (C=O) groups excluding carboxylic acids is 2. The first-order valence-corrected chi connectivity index (χ1v) is 6.91. The molecule has 0 bridgehead atoms. The number of carbonyl (C=O) groups is 2. The fourth-order valence-electron chi connectivity index (χ4n) is 1.98. The quantitative estimate of drug-likeness (QED) is 0.644. The van der Waals surface area contributed by atoms with E-state index in [9.17, 15) is 22.8 Å². The summed E-state index contributed by atoms with van der Waals surface area (Å²) in [5.74, 6) is -2.91. The highest BCUT2D eigenvalue weighted by Crippen LogP contribution is 2.25. The van der Waals surface area contributed by atoms with Crippen LogP contribution in [-0.4, -0.2) is 25.2 Å². The highest BCUT2D eigenvalue weighted by molar-refractivity contribution is 5.82. The Bertz CT molecular complexity index is 555. The second-order valence-electron chi connectivity index (χ2n) is 4.93. The topological polar surface area (TPSA) is 55.4 Å². The summed E-state index contributed by atoms with van der Waals surface area (Å²) < 4.78 is 42.0. The first-order chi connectivity index (χ1) is 10.8. The second kappa shape index (κ2) is 8.36. The Morgan fingerprint density at radius 1 is 1.26 bits per heavy atom. The lowest BCUT2D eigenvalue weighted by Crippen LogP contribution is -2.41. The normalized spacial score (nSPS) is 14.3. The van der Waals surface area contributed by atoms with Gasteiger partial charge in [-0.3, -0.25) is 9.59 Å². The van der Waals surface area contributed by atoms with Gasteiger partial charge in [0.15, 0.2) is 0 Å². The SMILES string of the molecule is COC(=O)C/C=C/[C@H](C)[C@@H](NC(=O)C(F)(F)F)c1ccccc1. The average Bonchev–Trinajstić information content (AvgIpc) is 2.51. The molecule has 0 heterocycles. The maximum atomic E-state index is 12.5. The lowest BCUT2D eigenvalue weighted by atomic mass is 9.93. The summed E-state index contributed by atoms with van der Waals surface area (Å²) in [6.45, 7) is 1.65. The molecular formula is C16H18F3NO3. The predicted octanol–water partition coefficient (Wildman–Crippen LogP) is 3.16. The van der Waals surface area contributed by atoms with E-state index in [-0.39, 0.29) is 6.42 Å². The lowest BCUT2D eigenvalue weighted by Gasteiger charge is -2.24. The van der Waals surface area contributed by atoms with Crippen molar-refractivity contribution >= 4 is 11.9 Å². The second-order valence-corrected chi connectivity index (χ2v) is 4.93. The number of hydrogen-bond acceptors (Lipinski definition) is 3. The smallest absolute Gasteiger partial charge is 0.469 e. The van der Waals surface area contributed by atoms with Gasteiger partial charge in [0.05, 0.1) is 19.6 Å². The number of rotatable bonds is 6. The molecule has 126 valence electrons. The molecule has 23 heavy (non-hydrogen) atoms. The van der Waals surface area contributed by atoms with Crippen molar-refractivity contribution in [1.82, 2.24) is 5.32 Å². The highest BCUT2D eigenvalue weighted by atomic mass is 19.4. The third kappa shape index (κ3) is 6.14. The van der Waals surface area contributed by atoms with E-state index >= 15 is 0 Å². The molecule has 1 N–H and O–H groups in total. The summed E-state index contributed by atoms with van der Waals surface area (Å²) >= 11 is 0. The van der Waals surface area contributed by atoms with Crippen LogP contribution in [0, 0.1) is 5.92 Å². The highest BCUT2D eigenvalue weighted by Gasteiger charge is 2.40. The van der Waals surface area contributed by atoms with Gasteiger partial charge in [-0.25, -0.2) is 0 Å². The number of benzene rings is 1. The molecule has 7 heteroatoms. The number of nitrogens with one attached hydrogen (secondary N) is 1. The molecule has 1 aromatic carbocycles. The molecule has 1 amide bonds. The standard InChI is InChI=1S/C16H18F3NO3/c1-11(7-6-10-13(21)23-2)14(12-8-4-3-5-9-12)20-15(22)16(17,18)19/h3-9,11,14H,10H2,1-2H3,(H,20,22)/b7-6+/t11-,14+/m0/s1. The molecule has 0 aromatic heterocycles. The lowest BCUT2D eigenvalue weighted by molar-refractivity contribution is -0.174. The number of halogens is 3. The molecule has 4 nitrogen and oxygen atoms in total. The van der Waals surface area contributed by atoms with Crippen molar-refractivity contribution in [2.75, 3.05) is 7.11 Å². The van der Waals surface area contributed by atoms with Crippen LogP contribution in [0.2, 0.25) is 0 Å². The Balaban J connectivity index is 2.91. The Morgan fingerprint density at radius 3 is 2.39 bits per heavy atom. The van der Waals surface area contributed by atoms with E-state index in [2.05, 4.69) is 4.74 Å². The number of hydrogen-bond donors (Lipinski definition) is 1. The Labute approximate surface area is 132 Å². The fraction of sp³-hybridized carbons (Fsp3) is 0.375. The molecule has 0 spiro atoms. The maximum absolute atomic E-state index is 12.5. The van der Waals surface area contributed by atoms with Crippen molar-refractivity contribution in [3.63, 3.8) is 0 Å². The molecule has 0 aliphatic heterocycles. The van der Waals surface area contributed by atoms with Gasteiger partial charge < -0.3 is 10.1 Å². The maximum Gasteiger partial charge on any atom is 0.471 e. The molecule has 2 atom stereocenters. The van der Waals surface area contributed by atoms with Gasteiger partial charge in [0.2, 0.25) is 0 Å². The van der Waals surface area contributed by atoms with Crippen molar-refractivity contribution < 1.29 is 27.5 Å². The van der Waals surface area contributed by atoms with E-state index in [0.717, 1.165) is 0 Å². The number of ether oxygens (including phenoxy) is 1. The zero-order valence-electron chi connectivity index (χ0n) is 12.8. The van der Waals surface area contributed by atoms with Crippen molar-refractivity contribution in [1.29, 1.82) is 0 Å². The minimum Gasteiger partial charge on any atom is -0.469 e. The van der Waals surface area contributed by atoms with Crippen molar-refractivity contribution in [2.45, 2.75) is 25.6 Å². The first-order valence-electron chi connectivity index (χ1n) is 6.91. The molecule has 0 aliphatic rings. The molecule has 1 aromatic rings. The number of methoxy groups -OCH3 is 1. The Morgan fingerprint density at radius 2 is 1.87 bits per heavy atom. The molecule has 1 rings (SSSR count). The number of alkyl halides is 3. The zero-order chi connectivity index (χ0) is 17.5. The number of amides is 1. The molecular weight excluding hydrogens is 311 g/mol. The van der Waals surface area contributed by atoms with Crippen LogP contribution in [0.4, 0.5) is 13.2 Å². The van der Waals surface area contributed by atoms with Crippen LogP contribution in [-0.2, 0) is 14.3 Å². The van der Waals surface area contributed by atoms with Gasteiger partial charge in [0.1, 0.15) is 0 Å². The third-order valence-corrected chi connectivity index (χ3v) is 3.18. The first kappa shape index (κ1) is 18.7. The van der Waals surface area contributed by atoms with Gasteiger partial charge >= 0.3 is 18.1 Å². The van der Waals surface area contributed by atoms with Crippen LogP contribution in [0.15, 0.2) is 42.5 Å². The van der Waals surface area contributed by atoms with Crippen LogP contribution in [0.3, 0.4) is 0 Å². The van der Waals surface area contributed by atoms with Gasteiger partial charge in [-0.1, -0.05) is 49.4 Å². The van der Waals surface area contributed by atoms with Gasteiger partial charge in [-0.2, -0.15) is 13.2 Å². The minimum atomic E-state index is -4.96.